The molecule has 1 aromatic carbocycles. The molecule has 25 heavy (non-hydrogen) atoms. The van der Waals surface area contributed by atoms with E-state index < -0.39 is 0 Å². The van der Waals surface area contributed by atoms with Crippen LogP contribution in [0.4, 0.5) is 11.8 Å². The van der Waals surface area contributed by atoms with Gasteiger partial charge in [0.2, 0.25) is 5.95 Å². The maximum Gasteiger partial charge on any atom is 0.224 e. The summed E-state index contributed by atoms with van der Waals surface area (Å²) in [5.41, 5.74) is 13.6. The lowest BCUT2D eigenvalue weighted by Gasteiger charge is -2.27. The van der Waals surface area contributed by atoms with Gasteiger partial charge in [0.05, 0.1) is 21.9 Å². The second-order valence-corrected chi connectivity index (χ2v) is 6.92. The smallest absolute Gasteiger partial charge is 0.224 e. The minimum atomic E-state index is -0.353. The van der Waals surface area contributed by atoms with Crippen molar-refractivity contribution in [3.63, 3.8) is 0 Å². The Bertz CT molecular complexity index is 943. The number of hydrogen-bond donors (Lipinski definition) is 3. The summed E-state index contributed by atoms with van der Waals surface area (Å²) in [5, 5.41) is 4.46. The lowest BCUT2D eigenvalue weighted by molar-refractivity contribution is 0.398. The Hall–Kier alpha value is -2.22. The van der Waals surface area contributed by atoms with Crippen molar-refractivity contribution in [2.24, 2.45) is 0 Å². The van der Waals surface area contributed by atoms with E-state index in [1.165, 1.54) is 0 Å². The van der Waals surface area contributed by atoms with E-state index in [9.17, 15) is 0 Å². The number of nitrogens with one attached hydrogen (secondary N) is 1. The normalized spacial score (nSPS) is 11.8. The summed E-state index contributed by atoms with van der Waals surface area (Å²) < 4.78 is 0. The molecular formula is C16H17Cl2N7. The zero-order chi connectivity index (χ0) is 18.2. The first-order valence-electron chi connectivity index (χ1n) is 7.51. The van der Waals surface area contributed by atoms with E-state index in [2.05, 4.69) is 25.3 Å². The summed E-state index contributed by atoms with van der Waals surface area (Å²) in [7, 11) is 0. The summed E-state index contributed by atoms with van der Waals surface area (Å²) >= 11 is 12.1. The van der Waals surface area contributed by atoms with Crippen molar-refractivity contribution in [2.45, 2.75) is 25.9 Å². The molecule has 0 fully saturated rings. The molecule has 9 heteroatoms. The minimum absolute atomic E-state index is 0.0749. The molecule has 0 aliphatic rings. The molecular weight excluding hydrogens is 361 g/mol. The maximum absolute atomic E-state index is 6.11. The molecule has 0 saturated heterocycles. The van der Waals surface area contributed by atoms with Crippen molar-refractivity contribution in [1.82, 2.24) is 25.3 Å². The van der Waals surface area contributed by atoms with Crippen LogP contribution in [0.15, 0.2) is 24.4 Å². The summed E-state index contributed by atoms with van der Waals surface area (Å²) in [6, 6.07) is 5.56. The zero-order valence-corrected chi connectivity index (χ0v) is 15.2. The van der Waals surface area contributed by atoms with E-state index in [0.717, 1.165) is 5.56 Å². The highest BCUT2D eigenvalue weighted by Gasteiger charge is 2.21. The van der Waals surface area contributed by atoms with Gasteiger partial charge in [0.25, 0.3) is 0 Å². The molecule has 0 atom stereocenters. The quantitative estimate of drug-likeness (QED) is 0.639. The molecule has 5 N–H and O–H groups in total. The second-order valence-electron chi connectivity index (χ2n) is 6.11. The summed E-state index contributed by atoms with van der Waals surface area (Å²) in [5.74, 6) is 0.284. The first-order valence-corrected chi connectivity index (χ1v) is 8.27. The lowest BCUT2D eigenvalue weighted by Crippen LogP contribution is -2.36. The number of nitrogens with zero attached hydrogens (tertiary/aromatic N) is 4. The van der Waals surface area contributed by atoms with Crippen LogP contribution in [0.5, 0.6) is 0 Å². The molecule has 0 amide bonds. The van der Waals surface area contributed by atoms with Gasteiger partial charge in [-0.2, -0.15) is 9.97 Å². The van der Waals surface area contributed by atoms with Crippen molar-refractivity contribution in [3.05, 3.63) is 45.7 Å². The van der Waals surface area contributed by atoms with Crippen molar-refractivity contribution >= 4 is 46.1 Å². The Kier molecular flexibility index (Phi) is 4.64. The molecule has 0 bridgehead atoms. The van der Waals surface area contributed by atoms with Gasteiger partial charge in [0.1, 0.15) is 0 Å². The number of nitrogens with two attached hydrogens (primary N) is 2. The number of hydrogen-bond acceptors (Lipinski definition) is 7. The number of aromatic nitrogens is 4. The molecule has 0 aliphatic carbocycles. The number of anilines is 2. The fraction of sp³-hybridized carbons (Fsp3) is 0.250. The molecule has 0 unspecified atom stereocenters. The Morgan fingerprint density at radius 2 is 1.84 bits per heavy atom. The molecule has 0 saturated carbocycles. The lowest BCUT2D eigenvalue weighted by atomic mass is 9.94. The monoisotopic (exact) mass is 377 g/mol. The van der Waals surface area contributed by atoms with Crippen LogP contribution in [0.2, 0.25) is 10.0 Å². The fourth-order valence-corrected chi connectivity index (χ4v) is 2.66. The van der Waals surface area contributed by atoms with Gasteiger partial charge in [0, 0.05) is 12.1 Å². The highest BCUT2D eigenvalue weighted by molar-refractivity contribution is 6.42. The average Bonchev–Trinajstić information content (AvgIpc) is 2.55. The van der Waals surface area contributed by atoms with Crippen LogP contribution in [0.25, 0.3) is 11.2 Å². The topological polar surface area (TPSA) is 116 Å². The van der Waals surface area contributed by atoms with Crippen molar-refractivity contribution in [2.75, 3.05) is 11.5 Å². The predicted molar refractivity (Wildman–Crippen MR) is 100 cm³/mol. The molecule has 2 heterocycles. The van der Waals surface area contributed by atoms with Crippen molar-refractivity contribution in [3.8, 4) is 0 Å². The van der Waals surface area contributed by atoms with Crippen molar-refractivity contribution < 1.29 is 0 Å². The van der Waals surface area contributed by atoms with Crippen LogP contribution in [-0.4, -0.2) is 19.9 Å². The molecule has 130 valence electrons. The fourth-order valence-electron chi connectivity index (χ4n) is 2.37. The van der Waals surface area contributed by atoms with Crippen LogP contribution in [0.3, 0.4) is 0 Å². The average molecular weight is 378 g/mol. The third-order valence-corrected chi connectivity index (χ3v) is 4.59. The second kappa shape index (κ2) is 6.59. The number of halogens is 2. The number of fused-ring (bicyclic) bond motifs is 1. The van der Waals surface area contributed by atoms with Gasteiger partial charge in [-0.25, -0.2) is 9.97 Å². The highest BCUT2D eigenvalue weighted by Crippen LogP contribution is 2.28. The minimum Gasteiger partial charge on any atom is -0.382 e. The summed E-state index contributed by atoms with van der Waals surface area (Å²) in [6.45, 7) is 4.55. The van der Waals surface area contributed by atoms with E-state index >= 15 is 0 Å². The maximum atomic E-state index is 6.11. The van der Waals surface area contributed by atoms with E-state index in [1.807, 2.05) is 26.0 Å². The van der Waals surface area contributed by atoms with E-state index in [1.54, 1.807) is 12.3 Å². The Balaban J connectivity index is 1.82. The molecule has 7 nitrogen and oxygen atoms in total. The van der Waals surface area contributed by atoms with E-state index in [-0.39, 0.29) is 17.3 Å². The van der Waals surface area contributed by atoms with Gasteiger partial charge < -0.3 is 16.8 Å². The third-order valence-electron chi connectivity index (χ3n) is 3.85. The van der Waals surface area contributed by atoms with Gasteiger partial charge in [0.15, 0.2) is 17.0 Å². The predicted octanol–water partition coefficient (Wildman–Crippen LogP) is 2.92. The molecule has 3 rings (SSSR count). The molecule has 0 radical (unpaired) electrons. The molecule has 3 aromatic rings. The van der Waals surface area contributed by atoms with Gasteiger partial charge in [-0.3, -0.25) is 0 Å². The standard InChI is InChI=1S/C16H17Cl2N7/c1-16(2,8-3-4-10(17)11(18)5-8)22-7-9-6-21-14-12(23-9)13(19)24-15(20)25-14/h3-6,22H,7H2,1-2H3,(H4,19,20,21,24,25). The third kappa shape index (κ3) is 3.73. The molecule has 2 aromatic heterocycles. The summed E-state index contributed by atoms with van der Waals surface area (Å²) in [4.78, 5) is 16.6. The Morgan fingerprint density at radius 3 is 2.56 bits per heavy atom. The van der Waals surface area contributed by atoms with Gasteiger partial charge in [-0.05, 0) is 31.5 Å². The number of nitrogen functional groups attached to an aromatic ring is 2. The van der Waals surface area contributed by atoms with Crippen LogP contribution in [0.1, 0.15) is 25.1 Å². The van der Waals surface area contributed by atoms with Crippen LogP contribution >= 0.6 is 23.2 Å². The van der Waals surface area contributed by atoms with Gasteiger partial charge in [-0.15, -0.1) is 0 Å². The van der Waals surface area contributed by atoms with E-state index in [0.29, 0.717) is 33.4 Å². The first-order chi connectivity index (χ1) is 11.8. The van der Waals surface area contributed by atoms with Crippen molar-refractivity contribution in [1.29, 1.82) is 0 Å². The number of rotatable bonds is 4. The summed E-state index contributed by atoms with van der Waals surface area (Å²) in [6.07, 6.45) is 1.63. The Labute approximate surface area is 154 Å². The molecule has 0 spiro atoms. The Morgan fingerprint density at radius 1 is 1.08 bits per heavy atom. The largest absolute Gasteiger partial charge is 0.382 e. The number of benzene rings is 1. The van der Waals surface area contributed by atoms with Crippen LogP contribution in [-0.2, 0) is 12.1 Å². The molecule has 0 aliphatic heterocycles. The van der Waals surface area contributed by atoms with Crippen LogP contribution in [0, 0.1) is 0 Å². The first kappa shape index (κ1) is 17.6. The van der Waals surface area contributed by atoms with E-state index in [4.69, 9.17) is 34.7 Å². The SMILES string of the molecule is CC(C)(NCc1cnc2nc(N)nc(N)c2n1)c1ccc(Cl)c(Cl)c1. The zero-order valence-electron chi connectivity index (χ0n) is 13.7. The highest BCUT2D eigenvalue weighted by atomic mass is 35.5. The van der Waals surface area contributed by atoms with Gasteiger partial charge >= 0.3 is 0 Å². The van der Waals surface area contributed by atoms with Crippen LogP contribution < -0.4 is 16.8 Å². The van der Waals surface area contributed by atoms with Gasteiger partial charge in [-0.1, -0.05) is 29.3 Å².